The molecule has 1 amide bonds. The van der Waals surface area contributed by atoms with Gasteiger partial charge in [-0.05, 0) is 36.0 Å². The zero-order chi connectivity index (χ0) is 17.4. The van der Waals surface area contributed by atoms with Gasteiger partial charge in [-0.25, -0.2) is 4.79 Å². The first-order valence-corrected chi connectivity index (χ1v) is 7.78. The molecule has 0 spiro atoms. The number of nitrogens with one attached hydrogen (secondary N) is 1. The molecule has 1 unspecified atom stereocenters. The van der Waals surface area contributed by atoms with Gasteiger partial charge in [0.25, 0.3) is 0 Å². The van der Waals surface area contributed by atoms with Gasteiger partial charge in [0.15, 0.2) is 0 Å². The molecule has 0 saturated carbocycles. The fourth-order valence-electron chi connectivity index (χ4n) is 2.74. The third-order valence-electron chi connectivity index (χ3n) is 4.18. The van der Waals surface area contributed by atoms with Crippen molar-refractivity contribution >= 4 is 11.8 Å². The van der Waals surface area contributed by atoms with Crippen LogP contribution in [0, 0.1) is 5.92 Å². The van der Waals surface area contributed by atoms with Crippen LogP contribution in [0.15, 0.2) is 18.2 Å². The Bertz CT molecular complexity index is 596. The van der Waals surface area contributed by atoms with Crippen molar-refractivity contribution < 1.29 is 22.7 Å². The molecule has 0 aromatic heterocycles. The molecule has 1 N–H and O–H groups in total. The molecule has 0 aliphatic carbocycles. The molecule has 0 saturated heterocycles. The molecule has 0 bridgehead atoms. The number of carbonyl (C=O) groups excluding carboxylic acids is 1. The van der Waals surface area contributed by atoms with Gasteiger partial charge in [0.1, 0.15) is 0 Å². The maximum absolute atomic E-state index is 13.9. The minimum absolute atomic E-state index is 0.00329. The third kappa shape index (κ3) is 3.31. The average Bonchev–Trinajstić information content (AvgIpc) is 2.42. The molecule has 1 aliphatic rings. The van der Waals surface area contributed by atoms with E-state index in [0.29, 0.717) is 6.42 Å². The highest BCUT2D eigenvalue weighted by molar-refractivity contribution is 5.89. The Morgan fingerprint density at radius 2 is 1.87 bits per heavy atom. The predicted molar refractivity (Wildman–Crippen MR) is 82.4 cm³/mol. The Morgan fingerprint density at radius 1 is 1.22 bits per heavy atom. The van der Waals surface area contributed by atoms with Crippen molar-refractivity contribution in [2.75, 3.05) is 5.32 Å². The summed E-state index contributed by atoms with van der Waals surface area (Å²) in [5.74, 6) is 0.147. The fourth-order valence-corrected chi connectivity index (χ4v) is 2.74. The summed E-state index contributed by atoms with van der Waals surface area (Å²) < 4.78 is 46.7. The number of cyclic esters (lactones) is 1. The molecule has 128 valence electrons. The molecule has 1 aromatic carbocycles. The standard InChI is InChI=1S/C17H22F3NO2/c1-10(2)7-8-16(17(18,19)20)13-9-12(11(3)4)5-6-14(13)21-15(22)23-16/h5-6,9-11H,7-8H2,1-4H3,(H,21,22). The van der Waals surface area contributed by atoms with Crippen LogP contribution in [-0.4, -0.2) is 12.3 Å². The number of hydrogen-bond acceptors (Lipinski definition) is 2. The quantitative estimate of drug-likeness (QED) is 0.784. The number of halogens is 3. The predicted octanol–water partition coefficient (Wildman–Crippen LogP) is 5.57. The highest BCUT2D eigenvalue weighted by Gasteiger charge is 2.61. The molecule has 1 aromatic rings. The van der Waals surface area contributed by atoms with Crippen LogP contribution < -0.4 is 5.32 Å². The number of fused-ring (bicyclic) bond motifs is 1. The van der Waals surface area contributed by atoms with Crippen molar-refractivity contribution in [3.8, 4) is 0 Å². The third-order valence-corrected chi connectivity index (χ3v) is 4.18. The minimum Gasteiger partial charge on any atom is -0.428 e. The molecule has 0 fully saturated rings. The number of benzene rings is 1. The second-order valence-corrected chi connectivity index (χ2v) is 6.73. The summed E-state index contributed by atoms with van der Waals surface area (Å²) in [7, 11) is 0. The lowest BCUT2D eigenvalue weighted by molar-refractivity contribution is -0.268. The minimum atomic E-state index is -4.68. The first-order valence-electron chi connectivity index (χ1n) is 7.78. The van der Waals surface area contributed by atoms with E-state index in [1.54, 1.807) is 6.07 Å². The average molecular weight is 329 g/mol. The number of rotatable bonds is 4. The summed E-state index contributed by atoms with van der Waals surface area (Å²) in [4.78, 5) is 11.7. The molecule has 1 aliphatic heterocycles. The Labute approximate surface area is 134 Å². The SMILES string of the molecule is CC(C)CCC1(C(F)(F)F)OC(=O)Nc2ccc(C(C)C)cc21. The normalized spacial score (nSPS) is 21.2. The van der Waals surface area contributed by atoms with Crippen molar-refractivity contribution in [3.63, 3.8) is 0 Å². The van der Waals surface area contributed by atoms with Crippen LogP contribution in [-0.2, 0) is 10.3 Å². The van der Waals surface area contributed by atoms with Crippen LogP contribution in [0.3, 0.4) is 0 Å². The lowest BCUT2D eigenvalue weighted by Gasteiger charge is -2.40. The van der Waals surface area contributed by atoms with Gasteiger partial charge in [-0.1, -0.05) is 33.8 Å². The molecule has 2 rings (SSSR count). The second-order valence-electron chi connectivity index (χ2n) is 6.73. The molecule has 0 radical (unpaired) electrons. The summed E-state index contributed by atoms with van der Waals surface area (Å²) in [6.07, 6.45) is -5.71. The van der Waals surface area contributed by atoms with E-state index in [9.17, 15) is 18.0 Å². The first-order chi connectivity index (χ1) is 10.6. The smallest absolute Gasteiger partial charge is 0.428 e. The van der Waals surface area contributed by atoms with Crippen molar-refractivity contribution in [1.82, 2.24) is 0 Å². The van der Waals surface area contributed by atoms with E-state index in [1.165, 1.54) is 12.1 Å². The van der Waals surface area contributed by atoms with Crippen molar-refractivity contribution in [2.45, 2.75) is 58.2 Å². The Morgan fingerprint density at radius 3 is 2.39 bits per heavy atom. The van der Waals surface area contributed by atoms with E-state index in [4.69, 9.17) is 4.74 Å². The van der Waals surface area contributed by atoms with Crippen molar-refractivity contribution in [2.24, 2.45) is 5.92 Å². The zero-order valence-corrected chi connectivity index (χ0v) is 13.8. The van der Waals surface area contributed by atoms with Crippen LogP contribution >= 0.6 is 0 Å². The molecule has 23 heavy (non-hydrogen) atoms. The van der Waals surface area contributed by atoms with Crippen LogP contribution in [0.4, 0.5) is 23.7 Å². The number of carbonyl (C=O) groups is 1. The summed E-state index contributed by atoms with van der Waals surface area (Å²) >= 11 is 0. The maximum Gasteiger partial charge on any atom is 0.432 e. The van der Waals surface area contributed by atoms with Gasteiger partial charge in [0, 0.05) is 12.0 Å². The number of hydrogen-bond donors (Lipinski definition) is 1. The van der Waals surface area contributed by atoms with Gasteiger partial charge < -0.3 is 4.74 Å². The molecule has 3 nitrogen and oxygen atoms in total. The van der Waals surface area contributed by atoms with Crippen molar-refractivity contribution in [3.05, 3.63) is 29.3 Å². The highest BCUT2D eigenvalue weighted by Crippen LogP contribution is 2.51. The molecule has 1 heterocycles. The zero-order valence-electron chi connectivity index (χ0n) is 13.8. The topological polar surface area (TPSA) is 38.3 Å². The number of anilines is 1. The van der Waals surface area contributed by atoms with Gasteiger partial charge in [0.2, 0.25) is 5.60 Å². The van der Waals surface area contributed by atoms with Crippen LogP contribution in [0.5, 0.6) is 0 Å². The van der Waals surface area contributed by atoms with Gasteiger partial charge in [0.05, 0.1) is 5.69 Å². The van der Waals surface area contributed by atoms with E-state index in [2.05, 4.69) is 5.32 Å². The Kier molecular flexibility index (Phi) is 4.64. The second kappa shape index (κ2) is 6.06. The molecular weight excluding hydrogens is 307 g/mol. The molecule has 1 atom stereocenters. The van der Waals surface area contributed by atoms with Gasteiger partial charge in [-0.3, -0.25) is 5.32 Å². The van der Waals surface area contributed by atoms with Gasteiger partial charge in [-0.2, -0.15) is 13.2 Å². The maximum atomic E-state index is 13.9. The van der Waals surface area contributed by atoms with Gasteiger partial charge >= 0.3 is 12.3 Å². The fraction of sp³-hybridized carbons (Fsp3) is 0.588. The summed E-state index contributed by atoms with van der Waals surface area (Å²) in [5, 5.41) is 2.38. The monoisotopic (exact) mass is 329 g/mol. The van der Waals surface area contributed by atoms with Crippen molar-refractivity contribution in [1.29, 1.82) is 0 Å². The summed E-state index contributed by atoms with van der Waals surface area (Å²) in [6, 6.07) is 4.77. The van der Waals surface area contributed by atoms with Gasteiger partial charge in [-0.15, -0.1) is 0 Å². The molecule has 6 heteroatoms. The highest BCUT2D eigenvalue weighted by atomic mass is 19.4. The number of ether oxygens (including phenoxy) is 1. The van der Waals surface area contributed by atoms with E-state index in [0.717, 1.165) is 5.56 Å². The van der Waals surface area contributed by atoms with Crippen LogP contribution in [0.25, 0.3) is 0 Å². The van der Waals surface area contributed by atoms with E-state index < -0.39 is 17.9 Å². The largest absolute Gasteiger partial charge is 0.432 e. The van der Waals surface area contributed by atoms with E-state index >= 15 is 0 Å². The summed E-state index contributed by atoms with van der Waals surface area (Å²) in [6.45, 7) is 7.51. The summed E-state index contributed by atoms with van der Waals surface area (Å²) in [5.41, 5.74) is -1.63. The lowest BCUT2D eigenvalue weighted by atomic mass is 9.82. The van der Waals surface area contributed by atoms with E-state index in [-0.39, 0.29) is 29.5 Å². The number of alkyl halides is 3. The molecular formula is C17H22F3NO2. The van der Waals surface area contributed by atoms with Crippen LogP contribution in [0.2, 0.25) is 0 Å². The van der Waals surface area contributed by atoms with Crippen LogP contribution in [0.1, 0.15) is 57.6 Å². The Hall–Kier alpha value is -1.72. The Balaban J connectivity index is 2.62. The first kappa shape index (κ1) is 17.6. The van der Waals surface area contributed by atoms with E-state index in [1.807, 2.05) is 27.7 Å². The number of amides is 1. The lowest BCUT2D eigenvalue weighted by Crippen LogP contribution is -2.50.